The van der Waals surface area contributed by atoms with E-state index in [9.17, 15) is 4.79 Å². The minimum Gasteiger partial charge on any atom is -0.349 e. The second-order valence-corrected chi connectivity index (χ2v) is 8.48. The van der Waals surface area contributed by atoms with Crippen molar-refractivity contribution in [2.75, 3.05) is 5.75 Å². The summed E-state index contributed by atoms with van der Waals surface area (Å²) >= 11 is 7.33. The van der Waals surface area contributed by atoms with Crippen LogP contribution in [0.2, 0.25) is 5.02 Å². The van der Waals surface area contributed by atoms with Gasteiger partial charge < -0.3 is 5.32 Å². The van der Waals surface area contributed by atoms with E-state index in [1.807, 2.05) is 35.8 Å². The van der Waals surface area contributed by atoms with Crippen LogP contribution in [0.1, 0.15) is 50.3 Å². The molecule has 1 atom stereocenters. The standard InChI is InChI=1S/C22H25ClN4OS/c1-4-20(17-5-9-18(23)10-6-17)25-21(28)13-29-22-26-24-14-27(22)19-11-7-16(8-12-19)15(2)3/h5-12,14-15,20H,4,13H2,1-3H3,(H,25,28). The van der Waals surface area contributed by atoms with Gasteiger partial charge in [0.25, 0.3) is 0 Å². The fraction of sp³-hybridized carbons (Fsp3) is 0.318. The van der Waals surface area contributed by atoms with Crippen molar-refractivity contribution in [3.63, 3.8) is 0 Å². The number of rotatable bonds is 8. The van der Waals surface area contributed by atoms with E-state index in [1.54, 1.807) is 6.33 Å². The van der Waals surface area contributed by atoms with Crippen molar-refractivity contribution >= 4 is 29.3 Å². The Bertz CT molecular complexity index is 938. The molecule has 1 aromatic heterocycles. The highest BCUT2D eigenvalue weighted by Crippen LogP contribution is 2.23. The number of carbonyl (C=O) groups excluding carboxylic acids is 1. The van der Waals surface area contributed by atoms with Crippen LogP contribution in [0.5, 0.6) is 0 Å². The maximum absolute atomic E-state index is 12.5. The Labute approximate surface area is 180 Å². The van der Waals surface area contributed by atoms with Crippen LogP contribution in [0.3, 0.4) is 0 Å². The van der Waals surface area contributed by atoms with Crippen LogP contribution in [0, 0.1) is 0 Å². The van der Waals surface area contributed by atoms with Gasteiger partial charge in [-0.2, -0.15) is 0 Å². The molecule has 0 bridgehead atoms. The number of nitrogens with one attached hydrogen (secondary N) is 1. The molecule has 5 nitrogen and oxygen atoms in total. The molecule has 0 saturated carbocycles. The van der Waals surface area contributed by atoms with Crippen molar-refractivity contribution in [1.82, 2.24) is 20.1 Å². The molecule has 152 valence electrons. The lowest BCUT2D eigenvalue weighted by Gasteiger charge is -2.17. The van der Waals surface area contributed by atoms with Gasteiger partial charge >= 0.3 is 0 Å². The van der Waals surface area contributed by atoms with Gasteiger partial charge in [0.15, 0.2) is 5.16 Å². The number of carbonyl (C=O) groups is 1. The number of benzene rings is 2. The Morgan fingerprint density at radius 1 is 1.10 bits per heavy atom. The molecule has 1 heterocycles. The van der Waals surface area contributed by atoms with Gasteiger partial charge in [0.05, 0.1) is 11.8 Å². The van der Waals surface area contributed by atoms with Crippen molar-refractivity contribution in [2.24, 2.45) is 0 Å². The molecule has 0 fully saturated rings. The maximum atomic E-state index is 12.5. The summed E-state index contributed by atoms with van der Waals surface area (Å²) in [6, 6.07) is 15.9. The van der Waals surface area contributed by atoms with Gasteiger partial charge in [0.2, 0.25) is 5.91 Å². The van der Waals surface area contributed by atoms with Crippen LogP contribution in [-0.4, -0.2) is 26.4 Å². The Balaban J connectivity index is 1.62. The Hall–Kier alpha value is -2.31. The summed E-state index contributed by atoms with van der Waals surface area (Å²) in [5, 5.41) is 12.6. The highest BCUT2D eigenvalue weighted by atomic mass is 35.5. The lowest BCUT2D eigenvalue weighted by atomic mass is 10.0. The van der Waals surface area contributed by atoms with Gasteiger partial charge in [0.1, 0.15) is 6.33 Å². The molecule has 0 aliphatic carbocycles. The molecule has 0 aliphatic heterocycles. The number of aromatic nitrogens is 3. The van der Waals surface area contributed by atoms with Crippen LogP contribution in [0.25, 0.3) is 5.69 Å². The summed E-state index contributed by atoms with van der Waals surface area (Å²) in [7, 11) is 0. The molecular weight excluding hydrogens is 404 g/mol. The molecule has 29 heavy (non-hydrogen) atoms. The highest BCUT2D eigenvalue weighted by molar-refractivity contribution is 7.99. The molecule has 7 heteroatoms. The van der Waals surface area contributed by atoms with E-state index in [2.05, 4.69) is 53.6 Å². The quantitative estimate of drug-likeness (QED) is 0.487. The number of thioether (sulfide) groups is 1. The fourth-order valence-corrected chi connectivity index (χ4v) is 3.87. The summed E-state index contributed by atoms with van der Waals surface area (Å²) in [6.45, 7) is 6.38. The first-order valence-corrected chi connectivity index (χ1v) is 11.0. The Kier molecular flexibility index (Phi) is 7.34. The Morgan fingerprint density at radius 2 is 1.76 bits per heavy atom. The molecule has 1 N–H and O–H groups in total. The SMILES string of the molecule is CCC(NC(=O)CSc1nncn1-c1ccc(C(C)C)cc1)c1ccc(Cl)cc1. The molecule has 1 amide bonds. The normalized spacial score (nSPS) is 12.2. The molecule has 2 aromatic carbocycles. The summed E-state index contributed by atoms with van der Waals surface area (Å²) in [5.41, 5.74) is 3.31. The minimum atomic E-state index is -0.0403. The van der Waals surface area contributed by atoms with Gasteiger partial charge in [-0.1, -0.05) is 68.4 Å². The maximum Gasteiger partial charge on any atom is 0.230 e. The average molecular weight is 429 g/mol. The van der Waals surface area contributed by atoms with Crippen molar-refractivity contribution < 1.29 is 4.79 Å². The fourth-order valence-electron chi connectivity index (χ4n) is 3.00. The monoisotopic (exact) mass is 428 g/mol. The lowest BCUT2D eigenvalue weighted by Crippen LogP contribution is -2.29. The first kappa shape index (κ1) is 21.4. The van der Waals surface area contributed by atoms with Crippen molar-refractivity contribution in [2.45, 2.75) is 44.3 Å². The second-order valence-electron chi connectivity index (χ2n) is 7.10. The van der Waals surface area contributed by atoms with Crippen LogP contribution in [-0.2, 0) is 4.79 Å². The molecular formula is C22H25ClN4OS. The first-order valence-electron chi connectivity index (χ1n) is 9.66. The zero-order valence-corrected chi connectivity index (χ0v) is 18.4. The van der Waals surface area contributed by atoms with Gasteiger partial charge in [-0.15, -0.1) is 10.2 Å². The highest BCUT2D eigenvalue weighted by Gasteiger charge is 2.15. The lowest BCUT2D eigenvalue weighted by molar-refractivity contribution is -0.119. The third-order valence-electron chi connectivity index (χ3n) is 4.70. The molecule has 3 rings (SSSR count). The zero-order valence-electron chi connectivity index (χ0n) is 16.8. The molecule has 3 aromatic rings. The molecule has 0 saturated heterocycles. The molecule has 0 spiro atoms. The first-order chi connectivity index (χ1) is 14.0. The van der Waals surface area contributed by atoms with Crippen LogP contribution in [0.4, 0.5) is 0 Å². The minimum absolute atomic E-state index is 0.0400. The summed E-state index contributed by atoms with van der Waals surface area (Å²) in [6.07, 6.45) is 2.48. The number of amides is 1. The number of halogens is 1. The predicted molar refractivity (Wildman–Crippen MR) is 119 cm³/mol. The zero-order chi connectivity index (χ0) is 20.8. The summed E-state index contributed by atoms with van der Waals surface area (Å²) < 4.78 is 1.90. The molecule has 0 aliphatic rings. The molecule has 1 unspecified atom stereocenters. The number of hydrogen-bond acceptors (Lipinski definition) is 4. The second kappa shape index (κ2) is 9.94. The van der Waals surface area contributed by atoms with E-state index in [0.717, 1.165) is 17.7 Å². The third kappa shape index (κ3) is 5.61. The van der Waals surface area contributed by atoms with E-state index in [4.69, 9.17) is 11.6 Å². The van der Waals surface area contributed by atoms with E-state index in [0.29, 0.717) is 16.1 Å². The van der Waals surface area contributed by atoms with E-state index in [1.165, 1.54) is 17.3 Å². The predicted octanol–water partition coefficient (Wildman–Crippen LogP) is 5.40. The summed E-state index contributed by atoms with van der Waals surface area (Å²) in [5.74, 6) is 0.712. The molecule has 0 radical (unpaired) electrons. The third-order valence-corrected chi connectivity index (χ3v) is 5.90. The number of nitrogens with zero attached hydrogens (tertiary/aromatic N) is 3. The van der Waals surface area contributed by atoms with E-state index in [-0.39, 0.29) is 17.7 Å². The van der Waals surface area contributed by atoms with Crippen LogP contribution in [0.15, 0.2) is 60.0 Å². The van der Waals surface area contributed by atoms with E-state index < -0.39 is 0 Å². The smallest absolute Gasteiger partial charge is 0.230 e. The topological polar surface area (TPSA) is 59.8 Å². The van der Waals surface area contributed by atoms with Gasteiger partial charge in [-0.3, -0.25) is 9.36 Å². The van der Waals surface area contributed by atoms with Gasteiger partial charge in [0, 0.05) is 10.7 Å². The van der Waals surface area contributed by atoms with E-state index >= 15 is 0 Å². The number of hydrogen-bond donors (Lipinski definition) is 1. The largest absolute Gasteiger partial charge is 0.349 e. The van der Waals surface area contributed by atoms with Crippen molar-refractivity contribution in [3.05, 3.63) is 71.0 Å². The summed E-state index contributed by atoms with van der Waals surface area (Å²) in [4.78, 5) is 12.5. The average Bonchev–Trinajstić information content (AvgIpc) is 3.20. The van der Waals surface area contributed by atoms with Gasteiger partial charge in [-0.05, 0) is 47.7 Å². The van der Waals surface area contributed by atoms with Crippen molar-refractivity contribution in [1.29, 1.82) is 0 Å². The van der Waals surface area contributed by atoms with Gasteiger partial charge in [-0.25, -0.2) is 0 Å². The van der Waals surface area contributed by atoms with Crippen LogP contribution < -0.4 is 5.32 Å². The van der Waals surface area contributed by atoms with Crippen molar-refractivity contribution in [3.8, 4) is 5.69 Å². The Morgan fingerprint density at radius 3 is 2.38 bits per heavy atom. The van der Waals surface area contributed by atoms with Crippen LogP contribution >= 0.6 is 23.4 Å².